The average molecular weight is 478 g/mol. The molecule has 1 aliphatic heterocycles. The molecule has 0 bridgehead atoms. The lowest BCUT2D eigenvalue weighted by molar-refractivity contribution is -0.0500. The number of aryl methyl sites for hydroxylation is 2. The molecule has 1 atom stereocenters. The Morgan fingerprint density at radius 2 is 2.06 bits per heavy atom. The number of morpholine rings is 1. The molecule has 1 fully saturated rings. The van der Waals surface area contributed by atoms with Gasteiger partial charge in [0.1, 0.15) is 17.1 Å². The van der Waals surface area contributed by atoms with E-state index >= 15 is 0 Å². The van der Waals surface area contributed by atoms with Gasteiger partial charge in [-0.3, -0.25) is 0 Å². The summed E-state index contributed by atoms with van der Waals surface area (Å²) < 4.78 is 80.9. The minimum Gasteiger partial charge on any atom is -0.377 e. The molecule has 0 unspecified atom stereocenters. The summed E-state index contributed by atoms with van der Waals surface area (Å²) in [5.41, 5.74) is -3.94. The van der Waals surface area contributed by atoms with E-state index in [-0.39, 0.29) is 11.6 Å². The molecule has 1 aliphatic rings. The number of nitrogens with zero attached hydrogens (tertiary/aromatic N) is 4. The van der Waals surface area contributed by atoms with Crippen molar-refractivity contribution < 1.29 is 35.0 Å². The van der Waals surface area contributed by atoms with Crippen LogP contribution in [0.1, 0.15) is 18.4 Å². The van der Waals surface area contributed by atoms with Gasteiger partial charge >= 0.3 is 15.6 Å². The van der Waals surface area contributed by atoms with E-state index in [0.717, 1.165) is 11.5 Å². The van der Waals surface area contributed by atoms with Gasteiger partial charge in [-0.25, -0.2) is 4.98 Å². The van der Waals surface area contributed by atoms with Crippen molar-refractivity contribution in [1.29, 1.82) is 0 Å². The van der Waals surface area contributed by atoms with Crippen molar-refractivity contribution in [3.05, 3.63) is 17.5 Å². The largest absolute Gasteiger partial charge is 0.534 e. The Morgan fingerprint density at radius 3 is 2.68 bits per heavy atom. The second-order valence-electron chi connectivity index (χ2n) is 6.99. The Balaban J connectivity index is 1.93. The molecule has 0 N–H and O–H groups in total. The predicted octanol–water partition coefficient (Wildman–Crippen LogP) is 3.42. The fourth-order valence-electron chi connectivity index (χ4n) is 3.36. The van der Waals surface area contributed by atoms with Gasteiger partial charge in [0.05, 0.1) is 29.6 Å². The van der Waals surface area contributed by atoms with E-state index in [9.17, 15) is 21.6 Å². The van der Waals surface area contributed by atoms with Crippen LogP contribution in [0.3, 0.4) is 0 Å². The van der Waals surface area contributed by atoms with Gasteiger partial charge in [0.25, 0.3) is 5.88 Å². The van der Waals surface area contributed by atoms with Gasteiger partial charge in [-0.05, 0) is 38.4 Å². The summed E-state index contributed by atoms with van der Waals surface area (Å²) in [5, 5.41) is 3.93. The van der Waals surface area contributed by atoms with E-state index in [2.05, 4.69) is 18.7 Å². The molecular formula is C17H17F3N4O5S2. The van der Waals surface area contributed by atoms with Gasteiger partial charge < -0.3 is 18.3 Å². The number of fused-ring (bicyclic) bond motifs is 1. The van der Waals surface area contributed by atoms with Crippen LogP contribution in [0.25, 0.3) is 21.3 Å². The summed E-state index contributed by atoms with van der Waals surface area (Å²) in [6.45, 7) is 6.71. The number of hydrogen-bond donors (Lipinski definition) is 0. The number of anilines is 1. The summed E-state index contributed by atoms with van der Waals surface area (Å²) in [7, 11) is -5.90. The van der Waals surface area contributed by atoms with Gasteiger partial charge in [0, 0.05) is 17.7 Å². The highest BCUT2D eigenvalue weighted by molar-refractivity contribution is 7.88. The first-order chi connectivity index (χ1) is 14.5. The molecule has 1 saturated heterocycles. The van der Waals surface area contributed by atoms with Crippen molar-refractivity contribution >= 4 is 37.7 Å². The first-order valence-electron chi connectivity index (χ1n) is 9.08. The lowest BCUT2D eigenvalue weighted by Crippen LogP contribution is -2.44. The van der Waals surface area contributed by atoms with Crippen LogP contribution in [0.2, 0.25) is 0 Å². The highest BCUT2D eigenvalue weighted by Gasteiger charge is 2.49. The molecular weight excluding hydrogens is 461 g/mol. The number of pyridine rings is 1. The van der Waals surface area contributed by atoms with Crippen LogP contribution < -0.4 is 9.08 Å². The molecule has 3 aromatic rings. The normalized spacial score (nSPS) is 18.0. The third kappa shape index (κ3) is 3.83. The summed E-state index contributed by atoms with van der Waals surface area (Å²) in [4.78, 5) is 6.34. The number of aromatic nitrogens is 3. The van der Waals surface area contributed by atoms with Gasteiger partial charge in [-0.1, -0.05) is 5.16 Å². The van der Waals surface area contributed by atoms with Crippen LogP contribution in [0, 0.1) is 13.8 Å². The Morgan fingerprint density at radius 1 is 1.32 bits per heavy atom. The Labute approximate surface area is 179 Å². The van der Waals surface area contributed by atoms with Crippen LogP contribution in [0.5, 0.6) is 5.88 Å². The second kappa shape index (κ2) is 7.60. The number of alkyl halides is 3. The molecule has 0 aliphatic carbocycles. The van der Waals surface area contributed by atoms with Crippen LogP contribution in [-0.2, 0) is 14.9 Å². The first-order valence-corrected chi connectivity index (χ1v) is 11.3. The lowest BCUT2D eigenvalue weighted by Gasteiger charge is -2.34. The van der Waals surface area contributed by atoms with Crippen LogP contribution in [-0.4, -0.2) is 54.2 Å². The zero-order chi connectivity index (χ0) is 22.6. The van der Waals surface area contributed by atoms with Crippen molar-refractivity contribution in [3.63, 3.8) is 0 Å². The topological polar surface area (TPSA) is 108 Å². The molecule has 0 spiro atoms. The molecule has 0 saturated carbocycles. The van der Waals surface area contributed by atoms with E-state index in [1.807, 2.05) is 11.8 Å². The fraction of sp³-hybridized carbons (Fsp3) is 0.471. The monoisotopic (exact) mass is 478 g/mol. The third-order valence-corrected chi connectivity index (χ3v) is 6.62. The van der Waals surface area contributed by atoms with Crippen molar-refractivity contribution in [2.45, 2.75) is 32.3 Å². The maximum absolute atomic E-state index is 12.9. The molecule has 0 amide bonds. The van der Waals surface area contributed by atoms with E-state index < -0.39 is 21.5 Å². The molecule has 168 valence electrons. The first kappa shape index (κ1) is 21.8. The highest BCUT2D eigenvalue weighted by Crippen LogP contribution is 2.41. The average Bonchev–Trinajstić information content (AvgIpc) is 3.23. The van der Waals surface area contributed by atoms with Gasteiger partial charge in [-0.2, -0.15) is 26.0 Å². The number of rotatable bonds is 4. The maximum Gasteiger partial charge on any atom is 0.534 e. The van der Waals surface area contributed by atoms with E-state index in [1.165, 1.54) is 0 Å². The standard InChI is InChI=1S/C17H17F3N4O5S2/c1-8-7-27-5-4-24(8)12-6-11(13-9(2)22-28-10(13)3)15-14(21-12)16(23-30-15)29-31(25,26)17(18,19)20/h6,8H,4-5,7H2,1-3H3/t8-/m1/s1. The zero-order valence-corrected chi connectivity index (χ0v) is 18.2. The summed E-state index contributed by atoms with van der Waals surface area (Å²) in [5.74, 6) is 0.186. The Kier molecular flexibility index (Phi) is 5.34. The van der Waals surface area contributed by atoms with E-state index in [4.69, 9.17) is 9.26 Å². The van der Waals surface area contributed by atoms with Crippen molar-refractivity contribution in [2.75, 3.05) is 24.7 Å². The molecule has 0 radical (unpaired) electrons. The van der Waals surface area contributed by atoms with Crippen LogP contribution in [0.4, 0.5) is 19.0 Å². The van der Waals surface area contributed by atoms with Crippen LogP contribution in [0.15, 0.2) is 10.6 Å². The number of halogens is 3. The Hall–Kier alpha value is -2.45. The fourth-order valence-corrected chi connectivity index (χ4v) is 4.60. The number of hydrogen-bond acceptors (Lipinski definition) is 10. The van der Waals surface area contributed by atoms with Gasteiger partial charge in [0.2, 0.25) is 0 Å². The summed E-state index contributed by atoms with van der Waals surface area (Å²) in [6.07, 6.45) is 0. The minimum absolute atomic E-state index is 0.0638. The van der Waals surface area contributed by atoms with Gasteiger partial charge in [-0.15, -0.1) is 0 Å². The van der Waals surface area contributed by atoms with Crippen molar-refractivity contribution in [2.24, 2.45) is 0 Å². The quantitative estimate of drug-likeness (QED) is 0.412. The van der Waals surface area contributed by atoms with E-state index in [1.54, 1.807) is 19.9 Å². The SMILES string of the molecule is Cc1noc(C)c1-c1cc(N2CCOC[C@H]2C)nc2c(OS(=O)(=O)C(F)(F)F)nsc12. The lowest BCUT2D eigenvalue weighted by atomic mass is 10.0. The Bertz CT molecular complexity index is 1220. The highest BCUT2D eigenvalue weighted by atomic mass is 32.2. The molecule has 0 aromatic carbocycles. The molecule has 4 rings (SSSR count). The van der Waals surface area contributed by atoms with E-state index in [0.29, 0.717) is 52.9 Å². The van der Waals surface area contributed by atoms with Gasteiger partial charge in [0.15, 0.2) is 0 Å². The third-order valence-electron chi connectivity index (χ3n) is 4.82. The maximum atomic E-state index is 12.9. The molecule has 31 heavy (non-hydrogen) atoms. The molecule has 9 nitrogen and oxygen atoms in total. The molecule has 14 heteroatoms. The summed E-state index contributed by atoms with van der Waals surface area (Å²) >= 11 is 0.782. The van der Waals surface area contributed by atoms with Crippen molar-refractivity contribution in [1.82, 2.24) is 14.5 Å². The van der Waals surface area contributed by atoms with Crippen molar-refractivity contribution in [3.8, 4) is 17.0 Å². The molecule has 3 aromatic heterocycles. The predicted molar refractivity (Wildman–Crippen MR) is 106 cm³/mol. The number of ether oxygens (including phenoxy) is 1. The second-order valence-corrected chi connectivity index (χ2v) is 9.30. The van der Waals surface area contributed by atoms with Crippen LogP contribution >= 0.6 is 11.5 Å². The summed E-state index contributed by atoms with van der Waals surface area (Å²) in [6, 6.07) is 1.70. The molecule has 4 heterocycles. The zero-order valence-electron chi connectivity index (χ0n) is 16.6. The minimum atomic E-state index is -5.90. The smallest absolute Gasteiger partial charge is 0.377 e.